The van der Waals surface area contributed by atoms with Crippen molar-refractivity contribution in [2.24, 2.45) is 0 Å². The van der Waals surface area contributed by atoms with Crippen LogP contribution in [0.5, 0.6) is 0 Å². The van der Waals surface area contributed by atoms with Gasteiger partial charge in [-0.15, -0.1) is 23.1 Å². The molecule has 0 saturated carbocycles. The minimum absolute atomic E-state index is 0.732. The van der Waals surface area contributed by atoms with Gasteiger partial charge < -0.3 is 0 Å². The number of thiophene rings is 1. The molecule has 1 aromatic carbocycles. The van der Waals surface area contributed by atoms with Gasteiger partial charge in [0.25, 0.3) is 0 Å². The van der Waals surface area contributed by atoms with Crippen LogP contribution in [0.4, 0.5) is 0 Å². The molecule has 3 heteroatoms. The molecule has 1 heterocycles. The molecule has 0 saturated heterocycles. The summed E-state index contributed by atoms with van der Waals surface area (Å²) in [5.41, 5.74) is 0.732. The highest BCUT2D eigenvalue weighted by Gasteiger charge is 1.97. The van der Waals surface area contributed by atoms with Crippen LogP contribution in [0.3, 0.4) is 0 Å². The molecular weight excluding hydrogens is 224 g/mol. The number of rotatable bonds is 4. The monoisotopic (exact) mass is 234 g/mol. The lowest BCUT2D eigenvalue weighted by Crippen LogP contribution is -1.79. The molecule has 0 spiro atoms. The van der Waals surface area contributed by atoms with E-state index < -0.39 is 0 Å². The Labute approximate surface area is 97.1 Å². The van der Waals surface area contributed by atoms with Gasteiger partial charge in [0, 0.05) is 21.1 Å². The number of hydrogen-bond acceptors (Lipinski definition) is 3. The average Bonchev–Trinajstić information content (AvgIpc) is 2.80. The summed E-state index contributed by atoms with van der Waals surface area (Å²) in [6.45, 7) is 0. The molecule has 0 N–H and O–H groups in total. The van der Waals surface area contributed by atoms with E-state index in [4.69, 9.17) is 0 Å². The molecule has 2 aromatic rings. The number of aldehydes is 1. The van der Waals surface area contributed by atoms with Crippen molar-refractivity contribution in [2.75, 3.05) is 0 Å². The standard InChI is InChI=1S/C12H10OS2/c13-8-10-3-5-11(6-4-10)15-9-12-2-1-7-14-12/h1-8H,9H2. The summed E-state index contributed by atoms with van der Waals surface area (Å²) in [5, 5.41) is 2.09. The molecule has 0 aliphatic rings. The molecule has 0 radical (unpaired) electrons. The molecule has 0 bridgehead atoms. The summed E-state index contributed by atoms with van der Waals surface area (Å²) >= 11 is 3.56. The quantitative estimate of drug-likeness (QED) is 0.590. The molecule has 76 valence electrons. The van der Waals surface area contributed by atoms with Crippen molar-refractivity contribution in [2.45, 2.75) is 10.6 Å². The zero-order valence-corrected chi connectivity index (χ0v) is 9.68. The van der Waals surface area contributed by atoms with E-state index >= 15 is 0 Å². The van der Waals surface area contributed by atoms with Crippen LogP contribution in [0, 0.1) is 0 Å². The third-order valence-corrected chi connectivity index (χ3v) is 4.10. The second kappa shape index (κ2) is 5.14. The first-order valence-electron chi connectivity index (χ1n) is 4.59. The Kier molecular flexibility index (Phi) is 3.59. The third kappa shape index (κ3) is 2.94. The lowest BCUT2D eigenvalue weighted by atomic mass is 10.2. The van der Waals surface area contributed by atoms with Crippen molar-refractivity contribution in [3.05, 3.63) is 52.2 Å². The van der Waals surface area contributed by atoms with Crippen molar-refractivity contribution in [1.29, 1.82) is 0 Å². The van der Waals surface area contributed by atoms with Crippen molar-refractivity contribution >= 4 is 29.4 Å². The lowest BCUT2D eigenvalue weighted by molar-refractivity contribution is 0.112. The maximum atomic E-state index is 10.5. The first kappa shape index (κ1) is 10.5. The van der Waals surface area contributed by atoms with Crippen molar-refractivity contribution in [1.82, 2.24) is 0 Å². The Morgan fingerprint density at radius 3 is 2.60 bits per heavy atom. The Balaban J connectivity index is 1.96. The normalized spacial score (nSPS) is 10.1. The van der Waals surface area contributed by atoms with E-state index in [9.17, 15) is 4.79 Å². The fraction of sp³-hybridized carbons (Fsp3) is 0.0833. The van der Waals surface area contributed by atoms with E-state index in [2.05, 4.69) is 17.5 Å². The topological polar surface area (TPSA) is 17.1 Å². The first-order valence-corrected chi connectivity index (χ1v) is 6.45. The summed E-state index contributed by atoms with van der Waals surface area (Å²) in [5.74, 6) is 0.998. The van der Waals surface area contributed by atoms with Crippen LogP contribution in [0.2, 0.25) is 0 Å². The van der Waals surface area contributed by atoms with Crippen LogP contribution < -0.4 is 0 Å². The largest absolute Gasteiger partial charge is 0.298 e. The van der Waals surface area contributed by atoms with Crippen LogP contribution in [0.1, 0.15) is 15.2 Å². The van der Waals surface area contributed by atoms with Gasteiger partial charge >= 0.3 is 0 Å². The molecule has 15 heavy (non-hydrogen) atoms. The van der Waals surface area contributed by atoms with E-state index in [0.29, 0.717) is 0 Å². The Hall–Kier alpha value is -1.06. The van der Waals surface area contributed by atoms with E-state index in [1.54, 1.807) is 23.1 Å². The number of carbonyl (C=O) groups is 1. The zero-order chi connectivity index (χ0) is 10.5. The molecule has 0 fully saturated rings. The maximum Gasteiger partial charge on any atom is 0.150 e. The van der Waals surface area contributed by atoms with Gasteiger partial charge in [0.15, 0.2) is 0 Å². The fourth-order valence-corrected chi connectivity index (χ4v) is 2.86. The van der Waals surface area contributed by atoms with Gasteiger partial charge in [0.05, 0.1) is 0 Å². The summed E-state index contributed by atoms with van der Waals surface area (Å²) in [6, 6.07) is 11.9. The van der Waals surface area contributed by atoms with Crippen LogP contribution >= 0.6 is 23.1 Å². The van der Waals surface area contributed by atoms with Crippen LogP contribution in [0.25, 0.3) is 0 Å². The highest BCUT2D eigenvalue weighted by molar-refractivity contribution is 7.98. The average molecular weight is 234 g/mol. The highest BCUT2D eigenvalue weighted by Crippen LogP contribution is 2.24. The smallest absolute Gasteiger partial charge is 0.150 e. The molecule has 1 nitrogen and oxygen atoms in total. The van der Waals surface area contributed by atoms with Gasteiger partial charge in [-0.1, -0.05) is 18.2 Å². The van der Waals surface area contributed by atoms with E-state index in [1.165, 1.54) is 9.77 Å². The molecule has 0 atom stereocenters. The van der Waals surface area contributed by atoms with E-state index in [-0.39, 0.29) is 0 Å². The number of thioether (sulfide) groups is 1. The second-order valence-corrected chi connectivity index (χ2v) is 5.14. The number of hydrogen-bond donors (Lipinski definition) is 0. The fourth-order valence-electron chi connectivity index (χ4n) is 1.19. The zero-order valence-electron chi connectivity index (χ0n) is 8.05. The lowest BCUT2D eigenvalue weighted by Gasteiger charge is -1.99. The Morgan fingerprint density at radius 2 is 2.00 bits per heavy atom. The summed E-state index contributed by atoms with van der Waals surface area (Å²) in [4.78, 5) is 13.0. The summed E-state index contributed by atoms with van der Waals surface area (Å²) < 4.78 is 0. The maximum absolute atomic E-state index is 10.5. The van der Waals surface area contributed by atoms with E-state index in [1.807, 2.05) is 24.3 Å². The van der Waals surface area contributed by atoms with Crippen LogP contribution in [0.15, 0.2) is 46.7 Å². The van der Waals surface area contributed by atoms with Gasteiger partial charge in [0.2, 0.25) is 0 Å². The molecule has 0 aliphatic heterocycles. The minimum atomic E-state index is 0.732. The summed E-state index contributed by atoms with van der Waals surface area (Å²) in [7, 11) is 0. The Morgan fingerprint density at radius 1 is 1.20 bits per heavy atom. The highest BCUT2D eigenvalue weighted by atomic mass is 32.2. The SMILES string of the molecule is O=Cc1ccc(SCc2cccs2)cc1. The molecule has 0 unspecified atom stereocenters. The second-order valence-electron chi connectivity index (χ2n) is 3.05. The van der Waals surface area contributed by atoms with Crippen molar-refractivity contribution < 1.29 is 4.79 Å². The third-order valence-electron chi connectivity index (χ3n) is 1.98. The molecule has 2 rings (SSSR count). The van der Waals surface area contributed by atoms with Gasteiger partial charge in [-0.25, -0.2) is 0 Å². The number of benzene rings is 1. The molecule has 0 aliphatic carbocycles. The van der Waals surface area contributed by atoms with Crippen molar-refractivity contribution in [3.8, 4) is 0 Å². The molecule has 0 amide bonds. The number of carbonyl (C=O) groups excluding carboxylic acids is 1. The van der Waals surface area contributed by atoms with Crippen LogP contribution in [-0.4, -0.2) is 6.29 Å². The van der Waals surface area contributed by atoms with E-state index in [0.717, 1.165) is 17.6 Å². The summed E-state index contributed by atoms with van der Waals surface area (Å²) in [6.07, 6.45) is 0.869. The first-order chi connectivity index (χ1) is 7.38. The predicted molar refractivity (Wildman–Crippen MR) is 65.7 cm³/mol. The van der Waals surface area contributed by atoms with Gasteiger partial charge in [-0.05, 0) is 23.6 Å². The molecule has 1 aromatic heterocycles. The Bertz CT molecular complexity index is 417. The predicted octanol–water partition coefficient (Wildman–Crippen LogP) is 3.85. The minimum Gasteiger partial charge on any atom is -0.298 e. The van der Waals surface area contributed by atoms with Crippen LogP contribution in [-0.2, 0) is 5.75 Å². The van der Waals surface area contributed by atoms with Crippen molar-refractivity contribution in [3.63, 3.8) is 0 Å². The van der Waals surface area contributed by atoms with Gasteiger partial charge in [0.1, 0.15) is 6.29 Å². The van der Waals surface area contributed by atoms with Gasteiger partial charge in [-0.2, -0.15) is 0 Å². The molecular formula is C12H10OS2. The van der Waals surface area contributed by atoms with Gasteiger partial charge in [-0.3, -0.25) is 4.79 Å².